The fraction of sp³-hybridized carbons (Fsp3) is 0.720. The average molecular weight is 435 g/mol. The molecule has 6 heteroatoms. The number of aliphatic hydroxyl groups excluding tert-OH is 1. The molecule has 3 fully saturated rings. The number of esters is 1. The summed E-state index contributed by atoms with van der Waals surface area (Å²) in [4.78, 5) is 12.4. The van der Waals surface area contributed by atoms with Gasteiger partial charge < -0.3 is 24.1 Å². The Morgan fingerprint density at radius 2 is 1.87 bits per heavy atom. The first-order valence-corrected chi connectivity index (χ1v) is 11.2. The van der Waals surface area contributed by atoms with Crippen LogP contribution in [0, 0.1) is 5.92 Å². The second kappa shape index (κ2) is 8.81. The highest BCUT2D eigenvalue weighted by molar-refractivity contribution is 5.87. The molecule has 0 aromatic heterocycles. The molecule has 6 nitrogen and oxygen atoms in total. The molecule has 3 rings (SSSR count). The molecule has 0 bridgehead atoms. The van der Waals surface area contributed by atoms with Crippen LogP contribution in [-0.2, 0) is 23.7 Å². The van der Waals surface area contributed by atoms with Crippen molar-refractivity contribution < 1.29 is 28.8 Å². The zero-order valence-electron chi connectivity index (χ0n) is 19.9. The maximum absolute atomic E-state index is 12.4. The van der Waals surface area contributed by atoms with Gasteiger partial charge in [0.1, 0.15) is 11.7 Å². The van der Waals surface area contributed by atoms with Gasteiger partial charge in [-0.2, -0.15) is 0 Å². The molecule has 1 aliphatic carbocycles. The normalized spacial score (nSPS) is 37.6. The minimum Gasteiger partial charge on any atom is -0.453 e. The number of epoxide rings is 2. The van der Waals surface area contributed by atoms with Gasteiger partial charge in [0, 0.05) is 17.9 Å². The van der Waals surface area contributed by atoms with Crippen LogP contribution in [0.4, 0.5) is 0 Å². The summed E-state index contributed by atoms with van der Waals surface area (Å²) < 4.78 is 23.6. The van der Waals surface area contributed by atoms with Gasteiger partial charge in [0.05, 0.1) is 30.5 Å². The highest BCUT2D eigenvalue weighted by atomic mass is 16.7. The number of hydrogen-bond donors (Lipinski definition) is 1. The van der Waals surface area contributed by atoms with Crippen molar-refractivity contribution in [2.45, 2.75) is 103 Å². The van der Waals surface area contributed by atoms with Gasteiger partial charge >= 0.3 is 5.97 Å². The van der Waals surface area contributed by atoms with E-state index in [-0.39, 0.29) is 29.8 Å². The lowest BCUT2D eigenvalue weighted by molar-refractivity contribution is -0.159. The van der Waals surface area contributed by atoms with Gasteiger partial charge in [-0.1, -0.05) is 24.3 Å². The Hall–Kier alpha value is -1.47. The summed E-state index contributed by atoms with van der Waals surface area (Å²) in [5.41, 5.74) is 1.63. The van der Waals surface area contributed by atoms with Gasteiger partial charge in [-0.05, 0) is 60.5 Å². The Labute approximate surface area is 186 Å². The van der Waals surface area contributed by atoms with Crippen molar-refractivity contribution in [3.63, 3.8) is 0 Å². The summed E-state index contributed by atoms with van der Waals surface area (Å²) in [6.45, 7) is 18.3. The number of fused-ring (bicyclic) bond motifs is 1. The summed E-state index contributed by atoms with van der Waals surface area (Å²) in [6, 6.07) is 0. The van der Waals surface area contributed by atoms with Gasteiger partial charge in [-0.25, -0.2) is 4.79 Å². The molecule has 2 unspecified atom stereocenters. The molecular weight excluding hydrogens is 396 g/mol. The Kier molecular flexibility index (Phi) is 6.87. The van der Waals surface area contributed by atoms with E-state index in [2.05, 4.69) is 20.4 Å². The molecule has 2 aliphatic heterocycles. The van der Waals surface area contributed by atoms with Crippen LogP contribution in [0.3, 0.4) is 0 Å². The predicted molar refractivity (Wildman–Crippen MR) is 119 cm³/mol. The third-order valence-electron chi connectivity index (χ3n) is 7.21. The molecule has 7 atom stereocenters. The van der Waals surface area contributed by atoms with Crippen LogP contribution in [0.1, 0.15) is 61.3 Å². The quantitative estimate of drug-likeness (QED) is 0.257. The Balaban J connectivity index is 1.76. The highest BCUT2D eigenvalue weighted by Crippen LogP contribution is 2.53. The van der Waals surface area contributed by atoms with Crippen molar-refractivity contribution in [3.8, 4) is 0 Å². The molecule has 0 spiro atoms. The molecular formula is C25H38O6. The molecule has 31 heavy (non-hydrogen) atoms. The van der Waals surface area contributed by atoms with Crippen molar-refractivity contribution in [1.82, 2.24) is 0 Å². The second-order valence-electron chi connectivity index (χ2n) is 9.88. The first-order valence-electron chi connectivity index (χ1n) is 11.2. The Morgan fingerprint density at radius 3 is 2.42 bits per heavy atom. The third kappa shape index (κ3) is 4.98. The highest BCUT2D eigenvalue weighted by Gasteiger charge is 2.67. The average Bonchev–Trinajstić information content (AvgIpc) is 3.58. The van der Waals surface area contributed by atoms with Gasteiger partial charge in [0.25, 0.3) is 0 Å². The standard InChI is InChI=1S/C25H38O6/c1-9-14(3)13-28-18(12-19-24(6,7)30-19)16(5)17-11-20-25(8,31-20)22(21(17)26)29-23(27)15(4)10-2/h9-10,17-22,26H,5,11-13H2,1-4,6-8H3/b14-9-,15-10-/t17-,18?,19?,20+,21-,22+,25+/m1/s1. The van der Waals surface area contributed by atoms with Crippen molar-refractivity contribution in [3.05, 3.63) is 35.5 Å². The van der Waals surface area contributed by atoms with Crippen molar-refractivity contribution in [2.75, 3.05) is 6.61 Å². The molecule has 1 N–H and O–H groups in total. The molecule has 1 saturated carbocycles. The number of carbonyl (C=O) groups is 1. The molecule has 0 amide bonds. The molecule has 0 aromatic carbocycles. The van der Waals surface area contributed by atoms with E-state index in [0.717, 1.165) is 11.1 Å². The molecule has 2 heterocycles. The van der Waals surface area contributed by atoms with Gasteiger partial charge in [-0.15, -0.1) is 0 Å². The van der Waals surface area contributed by atoms with Crippen LogP contribution in [-0.4, -0.2) is 59.4 Å². The van der Waals surface area contributed by atoms with E-state index >= 15 is 0 Å². The number of aliphatic hydroxyl groups is 1. The fourth-order valence-electron chi connectivity index (χ4n) is 4.35. The first-order chi connectivity index (χ1) is 14.4. The van der Waals surface area contributed by atoms with E-state index in [1.165, 1.54) is 0 Å². The van der Waals surface area contributed by atoms with Gasteiger partial charge in [-0.3, -0.25) is 0 Å². The summed E-state index contributed by atoms with van der Waals surface area (Å²) in [5, 5.41) is 11.3. The van der Waals surface area contributed by atoms with Crippen molar-refractivity contribution in [2.24, 2.45) is 5.92 Å². The lowest BCUT2D eigenvalue weighted by Gasteiger charge is -2.38. The SMILES string of the molecule is C=C(C(CC1OC1(C)C)OC/C(C)=C\C)[C@H]1C[C@@H]2O[C@]2(C)[C@@H](OC(=O)/C(C)=C\C)[C@@H]1O. The van der Waals surface area contributed by atoms with Crippen LogP contribution in [0.5, 0.6) is 0 Å². The van der Waals surface area contributed by atoms with E-state index in [0.29, 0.717) is 25.0 Å². The summed E-state index contributed by atoms with van der Waals surface area (Å²) in [6.07, 6.45) is 3.12. The monoisotopic (exact) mass is 434 g/mol. The van der Waals surface area contributed by atoms with Crippen LogP contribution >= 0.6 is 0 Å². The Bertz CT molecular complexity index is 781. The number of rotatable bonds is 9. The number of hydrogen-bond acceptors (Lipinski definition) is 6. The molecule has 0 aromatic rings. The van der Waals surface area contributed by atoms with Crippen molar-refractivity contribution in [1.29, 1.82) is 0 Å². The van der Waals surface area contributed by atoms with Crippen LogP contribution in [0.2, 0.25) is 0 Å². The molecule has 2 saturated heterocycles. The second-order valence-corrected chi connectivity index (χ2v) is 9.88. The van der Waals surface area contributed by atoms with E-state index in [1.54, 1.807) is 19.9 Å². The summed E-state index contributed by atoms with van der Waals surface area (Å²) in [5.74, 6) is -0.722. The smallest absolute Gasteiger partial charge is 0.333 e. The van der Waals surface area contributed by atoms with Gasteiger partial charge in [0.15, 0.2) is 6.10 Å². The third-order valence-corrected chi connectivity index (χ3v) is 7.21. The lowest BCUT2D eigenvalue weighted by Crippen LogP contribution is -2.52. The topological polar surface area (TPSA) is 80.8 Å². The fourth-order valence-corrected chi connectivity index (χ4v) is 4.35. The number of allylic oxidation sites excluding steroid dienone is 2. The van der Waals surface area contributed by atoms with Crippen LogP contribution in [0.15, 0.2) is 35.5 Å². The largest absolute Gasteiger partial charge is 0.453 e. The molecule has 0 radical (unpaired) electrons. The lowest BCUT2D eigenvalue weighted by atomic mass is 9.73. The summed E-state index contributed by atoms with van der Waals surface area (Å²) >= 11 is 0. The minimum absolute atomic E-state index is 0.0760. The number of carbonyl (C=O) groups excluding carboxylic acids is 1. The molecule has 3 aliphatic rings. The maximum Gasteiger partial charge on any atom is 0.333 e. The zero-order chi connectivity index (χ0) is 23.1. The van der Waals surface area contributed by atoms with Crippen molar-refractivity contribution >= 4 is 5.97 Å². The van der Waals surface area contributed by atoms with Gasteiger partial charge in [0.2, 0.25) is 0 Å². The molecule has 174 valence electrons. The van der Waals surface area contributed by atoms with E-state index < -0.39 is 23.8 Å². The van der Waals surface area contributed by atoms with Crippen LogP contribution in [0.25, 0.3) is 0 Å². The maximum atomic E-state index is 12.4. The predicted octanol–water partition coefficient (Wildman–Crippen LogP) is 3.88. The Morgan fingerprint density at radius 1 is 1.23 bits per heavy atom. The number of ether oxygens (including phenoxy) is 4. The first kappa shape index (κ1) is 24.2. The van der Waals surface area contributed by atoms with E-state index in [4.69, 9.17) is 18.9 Å². The van der Waals surface area contributed by atoms with Crippen LogP contribution < -0.4 is 0 Å². The summed E-state index contributed by atoms with van der Waals surface area (Å²) in [7, 11) is 0. The zero-order valence-corrected chi connectivity index (χ0v) is 19.9. The van der Waals surface area contributed by atoms with E-state index in [9.17, 15) is 9.90 Å². The van der Waals surface area contributed by atoms with E-state index in [1.807, 2.05) is 26.8 Å². The minimum atomic E-state index is -0.910.